The molecular weight excluding hydrogens is 332 g/mol. The van der Waals surface area contributed by atoms with Crippen LogP contribution in [0.2, 0.25) is 0 Å². The van der Waals surface area contributed by atoms with Gasteiger partial charge in [0.2, 0.25) is 11.0 Å². The van der Waals surface area contributed by atoms with Crippen molar-refractivity contribution >= 4 is 39.6 Å². The van der Waals surface area contributed by atoms with Gasteiger partial charge >= 0.3 is 0 Å². The van der Waals surface area contributed by atoms with Crippen LogP contribution < -0.4 is 5.32 Å². The monoisotopic (exact) mass is 352 g/mol. The molecule has 0 amide bonds. The Morgan fingerprint density at radius 1 is 1.16 bits per heavy atom. The lowest BCUT2D eigenvalue weighted by atomic mass is 10.2. The molecule has 3 rings (SSSR count). The van der Waals surface area contributed by atoms with Crippen molar-refractivity contribution in [1.29, 1.82) is 0 Å². The Bertz CT molecular complexity index is 928. The number of rotatable bonds is 4. The van der Waals surface area contributed by atoms with Crippen molar-refractivity contribution in [1.82, 2.24) is 4.57 Å². The molecule has 6 heteroatoms. The number of benzene rings is 2. The van der Waals surface area contributed by atoms with Crippen molar-refractivity contribution in [3.05, 3.63) is 54.1 Å². The molecule has 5 nitrogen and oxygen atoms in total. The molecule has 0 saturated heterocycles. The second-order valence-electron chi connectivity index (χ2n) is 5.84. The molecule has 3 aromatic rings. The maximum absolute atomic E-state index is 10.5. The van der Waals surface area contributed by atoms with E-state index in [2.05, 4.69) is 22.5 Å². The van der Waals surface area contributed by atoms with Crippen LogP contribution in [0.1, 0.15) is 18.9 Å². The number of aromatic nitrogens is 1. The first-order chi connectivity index (χ1) is 12.1. The van der Waals surface area contributed by atoms with Crippen molar-refractivity contribution in [2.24, 2.45) is 10.2 Å². The maximum atomic E-state index is 10.5. The van der Waals surface area contributed by atoms with E-state index in [0.29, 0.717) is 12.2 Å². The maximum Gasteiger partial charge on any atom is 0.220 e. The fraction of sp³-hybridized carbons (Fsp3) is 0.211. The summed E-state index contributed by atoms with van der Waals surface area (Å²) in [5, 5.41) is 22.9. The molecule has 0 fully saturated rings. The van der Waals surface area contributed by atoms with Gasteiger partial charge in [-0.3, -0.25) is 0 Å². The average Bonchev–Trinajstić information content (AvgIpc) is 2.88. The van der Waals surface area contributed by atoms with E-state index < -0.39 is 0 Å². The molecule has 0 saturated carbocycles. The molecule has 0 bridgehead atoms. The van der Waals surface area contributed by atoms with Crippen molar-refractivity contribution < 1.29 is 5.11 Å². The highest BCUT2D eigenvalue weighted by Gasteiger charge is 2.15. The van der Waals surface area contributed by atoms with Crippen molar-refractivity contribution in [3.8, 4) is 5.88 Å². The number of thiocarbonyl (C=S) groups is 1. The van der Waals surface area contributed by atoms with Crippen LogP contribution in [-0.4, -0.2) is 14.8 Å². The normalized spacial score (nSPS) is 11.3. The van der Waals surface area contributed by atoms with Crippen LogP contribution in [0, 0.1) is 6.92 Å². The largest absolute Gasteiger partial charge is 0.493 e. The van der Waals surface area contributed by atoms with Gasteiger partial charge in [0.1, 0.15) is 0 Å². The highest BCUT2D eigenvalue weighted by Crippen LogP contribution is 2.38. The SMILES string of the molecule is CCCn1c(O)c(N=NC(=S)Nc2ccc(C)cc2)c2ccccc21. The molecule has 25 heavy (non-hydrogen) atoms. The van der Waals surface area contributed by atoms with Gasteiger partial charge in [-0.1, -0.05) is 42.8 Å². The molecule has 0 aliphatic rings. The summed E-state index contributed by atoms with van der Waals surface area (Å²) in [6.45, 7) is 4.81. The number of anilines is 1. The molecule has 0 spiro atoms. The van der Waals surface area contributed by atoms with E-state index in [4.69, 9.17) is 12.2 Å². The van der Waals surface area contributed by atoms with Gasteiger partial charge in [-0.25, -0.2) is 0 Å². The summed E-state index contributed by atoms with van der Waals surface area (Å²) in [4.78, 5) is 0. The molecule has 0 aliphatic carbocycles. The number of fused-ring (bicyclic) bond motifs is 1. The second-order valence-corrected chi connectivity index (χ2v) is 6.22. The van der Waals surface area contributed by atoms with Crippen molar-refractivity contribution in [2.45, 2.75) is 26.8 Å². The van der Waals surface area contributed by atoms with Crippen LogP contribution >= 0.6 is 12.2 Å². The molecule has 0 unspecified atom stereocenters. The van der Waals surface area contributed by atoms with Gasteiger partial charge in [-0.05, 0) is 43.8 Å². The Hall–Kier alpha value is -2.73. The van der Waals surface area contributed by atoms with Gasteiger partial charge in [0, 0.05) is 17.6 Å². The molecule has 0 atom stereocenters. The Balaban J connectivity index is 1.86. The zero-order valence-electron chi connectivity index (χ0n) is 14.2. The zero-order chi connectivity index (χ0) is 17.8. The standard InChI is InChI=1S/C19H20N4OS/c1-3-12-23-16-7-5-4-6-15(16)17(18(23)24)21-22-19(25)20-14-10-8-13(2)9-11-14/h4-11,24H,3,12H2,1-2H3,(H,20,25). The summed E-state index contributed by atoms with van der Waals surface area (Å²) in [6, 6.07) is 15.6. The minimum atomic E-state index is 0.116. The Labute approximate surface area is 152 Å². The first kappa shape index (κ1) is 17.1. The van der Waals surface area contributed by atoms with Crippen LogP contribution in [0.15, 0.2) is 58.8 Å². The number of hydrogen-bond acceptors (Lipinski definition) is 3. The van der Waals surface area contributed by atoms with E-state index in [-0.39, 0.29) is 11.0 Å². The van der Waals surface area contributed by atoms with Crippen LogP contribution in [0.3, 0.4) is 0 Å². The molecule has 1 aromatic heterocycles. The quantitative estimate of drug-likeness (QED) is 0.478. The lowest BCUT2D eigenvalue weighted by molar-refractivity contribution is 0.421. The van der Waals surface area contributed by atoms with Crippen LogP contribution in [0.5, 0.6) is 5.88 Å². The van der Waals surface area contributed by atoms with Crippen LogP contribution in [0.25, 0.3) is 10.9 Å². The summed E-state index contributed by atoms with van der Waals surface area (Å²) < 4.78 is 1.85. The Morgan fingerprint density at radius 3 is 2.60 bits per heavy atom. The van der Waals surface area contributed by atoms with Gasteiger partial charge in [0.05, 0.1) is 5.52 Å². The van der Waals surface area contributed by atoms with Crippen molar-refractivity contribution in [2.75, 3.05) is 5.32 Å². The van der Waals surface area contributed by atoms with Gasteiger partial charge in [0.25, 0.3) is 0 Å². The number of hydrogen-bond donors (Lipinski definition) is 2. The van der Waals surface area contributed by atoms with Crippen LogP contribution in [-0.2, 0) is 6.54 Å². The number of aromatic hydroxyl groups is 1. The molecular formula is C19H20N4OS. The predicted octanol–water partition coefficient (Wildman–Crippen LogP) is 5.55. The van der Waals surface area contributed by atoms with E-state index in [0.717, 1.165) is 23.0 Å². The van der Waals surface area contributed by atoms with Crippen molar-refractivity contribution in [3.63, 3.8) is 0 Å². The van der Waals surface area contributed by atoms with Gasteiger partial charge in [-0.2, -0.15) is 0 Å². The minimum absolute atomic E-state index is 0.116. The molecule has 2 aromatic carbocycles. The molecule has 0 aliphatic heterocycles. The zero-order valence-corrected chi connectivity index (χ0v) is 15.0. The third-order valence-corrected chi connectivity index (χ3v) is 4.09. The summed E-state index contributed by atoms with van der Waals surface area (Å²) in [5.41, 5.74) is 3.41. The fourth-order valence-corrected chi connectivity index (χ4v) is 2.86. The summed E-state index contributed by atoms with van der Waals surface area (Å²) in [7, 11) is 0. The Kier molecular flexibility index (Phi) is 5.09. The lowest BCUT2D eigenvalue weighted by Crippen LogP contribution is -2.04. The third-order valence-electron chi connectivity index (χ3n) is 3.91. The molecule has 0 radical (unpaired) electrons. The molecule has 1 heterocycles. The molecule has 2 N–H and O–H groups in total. The number of para-hydroxylation sites is 1. The highest BCUT2D eigenvalue weighted by atomic mass is 32.1. The minimum Gasteiger partial charge on any atom is -0.493 e. The number of nitrogens with one attached hydrogen (secondary N) is 1. The first-order valence-corrected chi connectivity index (χ1v) is 8.60. The van der Waals surface area contributed by atoms with Crippen LogP contribution in [0.4, 0.5) is 11.4 Å². The third kappa shape index (κ3) is 3.69. The highest BCUT2D eigenvalue weighted by molar-refractivity contribution is 7.80. The lowest BCUT2D eigenvalue weighted by Gasteiger charge is -2.04. The predicted molar refractivity (Wildman–Crippen MR) is 106 cm³/mol. The van der Waals surface area contributed by atoms with Gasteiger partial charge < -0.3 is 15.0 Å². The second kappa shape index (κ2) is 7.44. The topological polar surface area (TPSA) is 61.9 Å². The molecule has 128 valence electrons. The summed E-state index contributed by atoms with van der Waals surface area (Å²) in [6.07, 6.45) is 0.913. The number of nitrogens with zero attached hydrogens (tertiary/aromatic N) is 3. The van der Waals surface area contributed by atoms with E-state index in [9.17, 15) is 5.11 Å². The summed E-state index contributed by atoms with van der Waals surface area (Å²) in [5.74, 6) is 0.116. The van der Waals surface area contributed by atoms with E-state index >= 15 is 0 Å². The van der Waals surface area contributed by atoms with Gasteiger partial charge in [0.15, 0.2) is 5.69 Å². The van der Waals surface area contributed by atoms with E-state index in [1.165, 1.54) is 5.56 Å². The number of aryl methyl sites for hydroxylation is 2. The first-order valence-electron chi connectivity index (χ1n) is 8.19. The van der Waals surface area contributed by atoms with E-state index in [1.54, 1.807) is 0 Å². The average molecular weight is 352 g/mol. The van der Waals surface area contributed by atoms with Gasteiger partial charge in [-0.15, -0.1) is 10.2 Å². The summed E-state index contributed by atoms with van der Waals surface area (Å²) >= 11 is 5.23. The Morgan fingerprint density at radius 2 is 1.88 bits per heavy atom. The smallest absolute Gasteiger partial charge is 0.220 e. The van der Waals surface area contributed by atoms with E-state index in [1.807, 2.05) is 60.0 Å². The fourth-order valence-electron chi connectivity index (χ4n) is 2.70. The number of azo groups is 1.